The van der Waals surface area contributed by atoms with Crippen LogP contribution >= 0.6 is 27.3 Å². The van der Waals surface area contributed by atoms with Gasteiger partial charge in [0.1, 0.15) is 0 Å². The lowest BCUT2D eigenvalue weighted by Crippen LogP contribution is -2.18. The highest BCUT2D eigenvalue weighted by molar-refractivity contribution is 9.11. The Bertz CT molecular complexity index is 596. The molecule has 2 aromatic rings. The molecule has 3 heterocycles. The molecule has 0 spiro atoms. The summed E-state index contributed by atoms with van der Waals surface area (Å²) in [7, 11) is 0. The molecule has 1 aliphatic heterocycles. The van der Waals surface area contributed by atoms with Gasteiger partial charge in [-0.2, -0.15) is 4.98 Å². The number of hydrogen-bond acceptors (Lipinski definition) is 5. The van der Waals surface area contributed by atoms with Crippen molar-refractivity contribution in [2.24, 2.45) is 11.8 Å². The van der Waals surface area contributed by atoms with Crippen LogP contribution < -0.4 is 5.32 Å². The van der Waals surface area contributed by atoms with Gasteiger partial charge in [0.05, 0.1) is 14.7 Å². The lowest BCUT2D eigenvalue weighted by atomic mass is 9.94. The summed E-state index contributed by atoms with van der Waals surface area (Å²) in [5, 5.41) is 7.66. The molecule has 2 aromatic heterocycles. The second-order valence-electron chi connectivity index (χ2n) is 5.30. The molecule has 100 valence electrons. The van der Waals surface area contributed by atoms with E-state index < -0.39 is 0 Å². The fourth-order valence-corrected chi connectivity index (χ4v) is 4.67. The molecule has 0 amide bonds. The van der Waals surface area contributed by atoms with Gasteiger partial charge in [0.25, 0.3) is 0 Å². The Morgan fingerprint density at radius 3 is 3.16 bits per heavy atom. The molecular weight excluding hydrogens is 326 g/mol. The molecule has 0 aromatic carbocycles. The number of fused-ring (bicyclic) bond motifs is 1. The average Bonchev–Trinajstić information content (AvgIpc) is 3.11. The number of rotatable bonds is 2. The molecule has 0 radical (unpaired) electrons. The molecule has 3 atom stereocenters. The smallest absolute Gasteiger partial charge is 0.244 e. The second kappa shape index (κ2) is 4.68. The fourth-order valence-electron chi connectivity index (χ4n) is 3.35. The maximum atomic E-state index is 5.49. The van der Waals surface area contributed by atoms with E-state index in [0.29, 0.717) is 11.7 Å². The molecule has 2 aliphatic rings. The Morgan fingerprint density at radius 2 is 2.32 bits per heavy atom. The Morgan fingerprint density at radius 1 is 1.37 bits per heavy atom. The van der Waals surface area contributed by atoms with Gasteiger partial charge in [-0.05, 0) is 59.3 Å². The molecule has 1 saturated heterocycles. The Balaban J connectivity index is 1.61. The molecule has 1 saturated carbocycles. The van der Waals surface area contributed by atoms with Crippen LogP contribution in [0.3, 0.4) is 0 Å². The molecule has 1 N–H and O–H groups in total. The molecule has 19 heavy (non-hydrogen) atoms. The standard InChI is InChI=1S/C13H14BrN3OS/c14-10-5-4-9(19-10)12-16-13(18-17-12)11-8-3-1-2-7(8)6-15-11/h4-5,7-8,11,15H,1-3,6H2. The van der Waals surface area contributed by atoms with Crippen LogP contribution in [0.15, 0.2) is 20.4 Å². The van der Waals surface area contributed by atoms with Gasteiger partial charge in [-0.1, -0.05) is 11.6 Å². The third-order valence-corrected chi connectivity index (χ3v) is 5.87. The van der Waals surface area contributed by atoms with Crippen LogP contribution in [0.25, 0.3) is 10.7 Å². The number of nitrogens with zero attached hydrogens (tertiary/aromatic N) is 2. The SMILES string of the molecule is Brc1ccc(-c2noc(C3NCC4CCCC43)n2)s1. The van der Waals surface area contributed by atoms with Crippen LogP contribution in [0.5, 0.6) is 0 Å². The Hall–Kier alpha value is -0.720. The molecule has 4 rings (SSSR count). The van der Waals surface area contributed by atoms with Gasteiger partial charge in [-0.3, -0.25) is 0 Å². The number of halogens is 1. The number of hydrogen-bond donors (Lipinski definition) is 1. The van der Waals surface area contributed by atoms with Gasteiger partial charge in [0, 0.05) is 0 Å². The van der Waals surface area contributed by atoms with E-state index in [1.165, 1.54) is 19.3 Å². The quantitative estimate of drug-likeness (QED) is 0.907. The lowest BCUT2D eigenvalue weighted by Gasteiger charge is -2.13. The normalized spacial score (nSPS) is 29.8. The van der Waals surface area contributed by atoms with Crippen molar-refractivity contribution in [3.05, 3.63) is 21.8 Å². The maximum absolute atomic E-state index is 5.49. The first-order valence-electron chi connectivity index (χ1n) is 6.64. The molecule has 1 aliphatic carbocycles. The van der Waals surface area contributed by atoms with E-state index in [-0.39, 0.29) is 6.04 Å². The molecule has 2 fully saturated rings. The fraction of sp³-hybridized carbons (Fsp3) is 0.538. The number of aromatic nitrogens is 2. The minimum Gasteiger partial charge on any atom is -0.337 e. The first-order valence-corrected chi connectivity index (χ1v) is 8.25. The van der Waals surface area contributed by atoms with Crippen LogP contribution in [0.4, 0.5) is 0 Å². The summed E-state index contributed by atoms with van der Waals surface area (Å²) in [4.78, 5) is 5.63. The Kier molecular flexibility index (Phi) is 2.97. The number of nitrogens with one attached hydrogen (secondary N) is 1. The summed E-state index contributed by atoms with van der Waals surface area (Å²) in [5.41, 5.74) is 0. The van der Waals surface area contributed by atoms with Crippen molar-refractivity contribution < 1.29 is 4.52 Å². The first kappa shape index (κ1) is 12.1. The molecule has 3 unspecified atom stereocenters. The van der Waals surface area contributed by atoms with E-state index in [0.717, 1.165) is 27.0 Å². The topological polar surface area (TPSA) is 51.0 Å². The third kappa shape index (κ3) is 2.06. The molecule has 4 nitrogen and oxygen atoms in total. The monoisotopic (exact) mass is 339 g/mol. The summed E-state index contributed by atoms with van der Waals surface area (Å²) < 4.78 is 6.57. The van der Waals surface area contributed by atoms with E-state index in [1.54, 1.807) is 11.3 Å². The summed E-state index contributed by atoms with van der Waals surface area (Å²) >= 11 is 5.09. The zero-order chi connectivity index (χ0) is 12.8. The average molecular weight is 340 g/mol. The van der Waals surface area contributed by atoms with Crippen molar-refractivity contribution in [1.29, 1.82) is 0 Å². The van der Waals surface area contributed by atoms with Crippen LogP contribution in [0.2, 0.25) is 0 Å². The van der Waals surface area contributed by atoms with Crippen LogP contribution in [0.1, 0.15) is 31.2 Å². The van der Waals surface area contributed by atoms with E-state index in [2.05, 4.69) is 31.4 Å². The van der Waals surface area contributed by atoms with Crippen molar-refractivity contribution in [3.63, 3.8) is 0 Å². The van der Waals surface area contributed by atoms with Gasteiger partial charge < -0.3 is 9.84 Å². The lowest BCUT2D eigenvalue weighted by molar-refractivity contribution is 0.302. The predicted molar refractivity (Wildman–Crippen MR) is 76.9 cm³/mol. The van der Waals surface area contributed by atoms with Crippen molar-refractivity contribution in [3.8, 4) is 10.7 Å². The molecular formula is C13H14BrN3OS. The van der Waals surface area contributed by atoms with Gasteiger partial charge in [-0.25, -0.2) is 0 Å². The number of thiophene rings is 1. The highest BCUT2D eigenvalue weighted by atomic mass is 79.9. The molecule has 0 bridgehead atoms. The van der Waals surface area contributed by atoms with E-state index in [9.17, 15) is 0 Å². The van der Waals surface area contributed by atoms with Crippen LogP contribution in [0, 0.1) is 11.8 Å². The third-order valence-electron chi connectivity index (χ3n) is 4.25. The van der Waals surface area contributed by atoms with E-state index >= 15 is 0 Å². The summed E-state index contributed by atoms with van der Waals surface area (Å²) in [6, 6.07) is 4.29. The summed E-state index contributed by atoms with van der Waals surface area (Å²) in [5.74, 6) is 2.95. The van der Waals surface area contributed by atoms with Gasteiger partial charge in [0.2, 0.25) is 11.7 Å². The van der Waals surface area contributed by atoms with Crippen molar-refractivity contribution >= 4 is 27.3 Å². The predicted octanol–water partition coefficient (Wildman–Crippen LogP) is 3.62. The highest BCUT2D eigenvalue weighted by Gasteiger charge is 2.42. The zero-order valence-corrected chi connectivity index (χ0v) is 12.7. The largest absolute Gasteiger partial charge is 0.337 e. The van der Waals surface area contributed by atoms with Gasteiger partial charge >= 0.3 is 0 Å². The van der Waals surface area contributed by atoms with Gasteiger partial charge in [-0.15, -0.1) is 11.3 Å². The van der Waals surface area contributed by atoms with Crippen LogP contribution in [-0.4, -0.2) is 16.7 Å². The van der Waals surface area contributed by atoms with E-state index in [4.69, 9.17) is 4.52 Å². The summed E-state index contributed by atoms with van der Waals surface area (Å²) in [6.45, 7) is 1.09. The summed E-state index contributed by atoms with van der Waals surface area (Å²) in [6.07, 6.45) is 3.96. The minimum absolute atomic E-state index is 0.261. The van der Waals surface area contributed by atoms with Crippen LogP contribution in [-0.2, 0) is 0 Å². The maximum Gasteiger partial charge on any atom is 0.244 e. The van der Waals surface area contributed by atoms with Gasteiger partial charge in [0.15, 0.2) is 0 Å². The second-order valence-corrected chi connectivity index (χ2v) is 7.76. The zero-order valence-electron chi connectivity index (χ0n) is 10.3. The highest BCUT2D eigenvalue weighted by Crippen LogP contribution is 2.44. The van der Waals surface area contributed by atoms with Crippen molar-refractivity contribution in [2.45, 2.75) is 25.3 Å². The Labute approximate surface area is 123 Å². The van der Waals surface area contributed by atoms with E-state index in [1.807, 2.05) is 12.1 Å². The van der Waals surface area contributed by atoms with Crippen molar-refractivity contribution in [2.75, 3.05) is 6.54 Å². The molecule has 6 heteroatoms. The minimum atomic E-state index is 0.261. The first-order chi connectivity index (χ1) is 9.31. The van der Waals surface area contributed by atoms with Crippen molar-refractivity contribution in [1.82, 2.24) is 15.5 Å².